The summed E-state index contributed by atoms with van der Waals surface area (Å²) in [4.78, 5) is 18.6. The molecule has 1 atom stereocenters. The lowest BCUT2D eigenvalue weighted by molar-refractivity contribution is 0.0607. The molecule has 5 nitrogen and oxygen atoms in total. The van der Waals surface area contributed by atoms with Crippen molar-refractivity contribution in [1.82, 2.24) is 19.7 Å². The molecule has 0 aliphatic carbocycles. The van der Waals surface area contributed by atoms with Gasteiger partial charge in [0.05, 0.1) is 17.8 Å². The Kier molecular flexibility index (Phi) is 4.07. The van der Waals surface area contributed by atoms with Gasteiger partial charge < -0.3 is 9.88 Å². The first-order chi connectivity index (χ1) is 12.1. The number of nitrogens with one attached hydrogen (secondary N) is 1. The lowest BCUT2D eigenvalue weighted by atomic mass is 9.98. The molecule has 0 bridgehead atoms. The number of carbonyl (C=O) groups excluding carboxylic acids is 1. The molecule has 3 heterocycles. The Morgan fingerprint density at radius 2 is 2.12 bits per heavy atom. The highest BCUT2D eigenvalue weighted by Crippen LogP contribution is 2.33. The van der Waals surface area contributed by atoms with Crippen LogP contribution in [-0.4, -0.2) is 32.1 Å². The molecule has 1 N–H and O–H groups in total. The number of benzene rings is 1. The van der Waals surface area contributed by atoms with Gasteiger partial charge in [0, 0.05) is 30.0 Å². The molecular formula is C20H24N4O. The van der Waals surface area contributed by atoms with Gasteiger partial charge in [-0.2, -0.15) is 5.10 Å². The maximum absolute atomic E-state index is 13.1. The highest BCUT2D eigenvalue weighted by Gasteiger charge is 2.30. The Hall–Kier alpha value is -2.56. The Morgan fingerprint density at radius 3 is 2.88 bits per heavy atom. The number of para-hydroxylation sites is 1. The SMILES string of the molecule is CC(C)n1cc(C(=O)N2CCCCC2c2cc3ccccc3[nH]2)cn1. The van der Waals surface area contributed by atoms with Gasteiger partial charge in [0.15, 0.2) is 0 Å². The molecule has 4 rings (SSSR count). The van der Waals surface area contributed by atoms with Gasteiger partial charge in [-0.25, -0.2) is 0 Å². The van der Waals surface area contributed by atoms with Gasteiger partial charge in [-0.3, -0.25) is 9.48 Å². The monoisotopic (exact) mass is 336 g/mol. The molecule has 1 aromatic carbocycles. The molecule has 25 heavy (non-hydrogen) atoms. The number of aromatic nitrogens is 3. The van der Waals surface area contributed by atoms with Crippen LogP contribution < -0.4 is 0 Å². The summed E-state index contributed by atoms with van der Waals surface area (Å²) in [7, 11) is 0. The summed E-state index contributed by atoms with van der Waals surface area (Å²) in [5.41, 5.74) is 2.94. The average Bonchev–Trinajstić information content (AvgIpc) is 3.28. The standard InChI is InChI=1S/C20H24N4O/c1-14(2)24-13-16(12-21-24)20(25)23-10-6-5-9-19(23)18-11-15-7-3-4-8-17(15)22-18/h3-4,7-8,11-14,19,22H,5-6,9-10H2,1-2H3. The maximum Gasteiger partial charge on any atom is 0.257 e. The van der Waals surface area contributed by atoms with Gasteiger partial charge in [0.25, 0.3) is 5.91 Å². The summed E-state index contributed by atoms with van der Waals surface area (Å²) in [6, 6.07) is 10.8. The third-order valence-corrected chi connectivity index (χ3v) is 5.05. The van der Waals surface area contributed by atoms with Crippen molar-refractivity contribution >= 4 is 16.8 Å². The first-order valence-corrected chi connectivity index (χ1v) is 9.06. The van der Waals surface area contributed by atoms with Crippen molar-refractivity contribution in [2.75, 3.05) is 6.54 Å². The number of fused-ring (bicyclic) bond motifs is 1. The number of nitrogens with zero attached hydrogens (tertiary/aromatic N) is 3. The zero-order chi connectivity index (χ0) is 17.4. The average molecular weight is 336 g/mol. The minimum Gasteiger partial charge on any atom is -0.357 e. The van der Waals surface area contributed by atoms with Crippen LogP contribution in [0.4, 0.5) is 0 Å². The summed E-state index contributed by atoms with van der Waals surface area (Å²) >= 11 is 0. The Bertz CT molecular complexity index is 859. The van der Waals surface area contributed by atoms with E-state index in [1.807, 2.05) is 27.9 Å². The smallest absolute Gasteiger partial charge is 0.257 e. The summed E-state index contributed by atoms with van der Waals surface area (Å²) in [5.74, 6) is 0.0789. The van der Waals surface area contributed by atoms with E-state index in [1.165, 1.54) is 5.39 Å². The molecule has 3 aromatic rings. The van der Waals surface area contributed by atoms with E-state index in [-0.39, 0.29) is 18.0 Å². The molecule has 0 spiro atoms. The Balaban J connectivity index is 1.64. The molecule has 1 aliphatic heterocycles. The summed E-state index contributed by atoms with van der Waals surface area (Å²) < 4.78 is 1.84. The first-order valence-electron chi connectivity index (χ1n) is 9.06. The predicted molar refractivity (Wildman–Crippen MR) is 98.5 cm³/mol. The fourth-order valence-electron chi connectivity index (χ4n) is 3.67. The molecule has 1 amide bonds. The normalized spacial score (nSPS) is 18.2. The van der Waals surface area contributed by atoms with Crippen molar-refractivity contribution in [3.8, 4) is 0 Å². The van der Waals surface area contributed by atoms with Crippen LogP contribution in [0.25, 0.3) is 10.9 Å². The highest BCUT2D eigenvalue weighted by molar-refractivity contribution is 5.94. The van der Waals surface area contributed by atoms with Gasteiger partial charge in [0.2, 0.25) is 0 Å². The minimum atomic E-state index is 0.0789. The molecule has 5 heteroatoms. The molecule has 130 valence electrons. The van der Waals surface area contributed by atoms with Crippen LogP contribution in [0, 0.1) is 0 Å². The highest BCUT2D eigenvalue weighted by atomic mass is 16.2. The number of carbonyl (C=O) groups is 1. The third kappa shape index (κ3) is 2.95. The number of hydrogen-bond acceptors (Lipinski definition) is 2. The van der Waals surface area contributed by atoms with E-state index in [0.717, 1.165) is 37.0 Å². The van der Waals surface area contributed by atoms with Crippen molar-refractivity contribution in [2.45, 2.75) is 45.2 Å². The molecule has 1 saturated heterocycles. The zero-order valence-corrected chi connectivity index (χ0v) is 14.8. The number of aromatic amines is 1. The molecule has 1 aliphatic rings. The predicted octanol–water partition coefficient (Wildman–Crippen LogP) is 4.31. The van der Waals surface area contributed by atoms with E-state index < -0.39 is 0 Å². The van der Waals surface area contributed by atoms with Crippen LogP contribution in [0.3, 0.4) is 0 Å². The second kappa shape index (κ2) is 6.39. The van der Waals surface area contributed by atoms with Crippen LogP contribution in [-0.2, 0) is 0 Å². The number of H-pyrrole nitrogens is 1. The van der Waals surface area contributed by atoms with Crippen molar-refractivity contribution in [2.24, 2.45) is 0 Å². The largest absolute Gasteiger partial charge is 0.357 e. The molecular weight excluding hydrogens is 312 g/mol. The maximum atomic E-state index is 13.1. The van der Waals surface area contributed by atoms with Gasteiger partial charge in [-0.05, 0) is 50.6 Å². The Morgan fingerprint density at radius 1 is 1.28 bits per heavy atom. The van der Waals surface area contributed by atoms with Crippen molar-refractivity contribution in [3.05, 3.63) is 54.0 Å². The van der Waals surface area contributed by atoms with Crippen molar-refractivity contribution < 1.29 is 4.79 Å². The number of piperidine rings is 1. The minimum absolute atomic E-state index is 0.0789. The van der Waals surface area contributed by atoms with E-state index in [0.29, 0.717) is 5.56 Å². The Labute approximate surface area is 147 Å². The second-order valence-electron chi connectivity index (χ2n) is 7.12. The fourth-order valence-corrected chi connectivity index (χ4v) is 3.67. The van der Waals surface area contributed by atoms with Gasteiger partial charge in [-0.15, -0.1) is 0 Å². The van der Waals surface area contributed by atoms with E-state index >= 15 is 0 Å². The van der Waals surface area contributed by atoms with Gasteiger partial charge in [0.1, 0.15) is 0 Å². The van der Waals surface area contributed by atoms with Crippen molar-refractivity contribution in [3.63, 3.8) is 0 Å². The van der Waals surface area contributed by atoms with E-state index in [2.05, 4.69) is 42.1 Å². The molecule has 0 saturated carbocycles. The topological polar surface area (TPSA) is 53.9 Å². The number of hydrogen-bond donors (Lipinski definition) is 1. The molecule has 1 fully saturated rings. The molecule has 1 unspecified atom stereocenters. The summed E-state index contributed by atoms with van der Waals surface area (Å²) in [6.45, 7) is 4.93. The van der Waals surface area contributed by atoms with E-state index in [4.69, 9.17) is 0 Å². The van der Waals surface area contributed by atoms with E-state index in [9.17, 15) is 4.79 Å². The quantitative estimate of drug-likeness (QED) is 0.775. The van der Waals surface area contributed by atoms with Crippen molar-refractivity contribution in [1.29, 1.82) is 0 Å². The second-order valence-corrected chi connectivity index (χ2v) is 7.12. The van der Waals surface area contributed by atoms with E-state index in [1.54, 1.807) is 6.20 Å². The van der Waals surface area contributed by atoms with Crippen LogP contribution in [0.5, 0.6) is 0 Å². The first kappa shape index (κ1) is 15.9. The summed E-state index contributed by atoms with van der Waals surface area (Å²) in [5, 5.41) is 5.52. The third-order valence-electron chi connectivity index (χ3n) is 5.05. The van der Waals surface area contributed by atoms with Crippen LogP contribution in [0.2, 0.25) is 0 Å². The van der Waals surface area contributed by atoms with Gasteiger partial charge >= 0.3 is 0 Å². The fraction of sp³-hybridized carbons (Fsp3) is 0.400. The lowest BCUT2D eigenvalue weighted by Crippen LogP contribution is -2.38. The van der Waals surface area contributed by atoms with Crippen LogP contribution >= 0.6 is 0 Å². The zero-order valence-electron chi connectivity index (χ0n) is 14.8. The molecule has 2 aromatic heterocycles. The van der Waals surface area contributed by atoms with Crippen LogP contribution in [0.1, 0.15) is 61.2 Å². The number of amides is 1. The number of rotatable bonds is 3. The summed E-state index contributed by atoms with van der Waals surface area (Å²) in [6.07, 6.45) is 6.76. The van der Waals surface area contributed by atoms with Crippen LogP contribution in [0.15, 0.2) is 42.7 Å². The van der Waals surface area contributed by atoms with Gasteiger partial charge in [-0.1, -0.05) is 18.2 Å². The molecule has 0 radical (unpaired) electrons. The number of likely N-dealkylation sites (tertiary alicyclic amines) is 1. The lowest BCUT2D eigenvalue weighted by Gasteiger charge is -2.35.